The van der Waals surface area contributed by atoms with Gasteiger partial charge in [-0.1, -0.05) is 25.5 Å². The molecule has 0 aromatic rings. The zero-order chi connectivity index (χ0) is 15.4. The minimum atomic E-state index is -1.43. The summed E-state index contributed by atoms with van der Waals surface area (Å²) in [6.45, 7) is 5.83. The molecule has 0 atom stereocenters. The summed E-state index contributed by atoms with van der Waals surface area (Å²) in [5.41, 5.74) is -1.43. The van der Waals surface area contributed by atoms with Crippen LogP contribution in [-0.2, 0) is 19.1 Å². The summed E-state index contributed by atoms with van der Waals surface area (Å²) in [4.78, 5) is 24.4. The lowest BCUT2D eigenvalue weighted by molar-refractivity contribution is -0.171. The highest BCUT2D eigenvalue weighted by molar-refractivity contribution is 6.00. The number of carbonyl (C=O) groups is 2. The van der Waals surface area contributed by atoms with Crippen LogP contribution in [0.3, 0.4) is 0 Å². The van der Waals surface area contributed by atoms with Crippen LogP contribution in [0.1, 0.15) is 46.5 Å². The van der Waals surface area contributed by atoms with E-state index in [0.717, 1.165) is 12.8 Å². The van der Waals surface area contributed by atoms with Crippen molar-refractivity contribution in [2.75, 3.05) is 13.2 Å². The van der Waals surface area contributed by atoms with Gasteiger partial charge in [-0.2, -0.15) is 0 Å². The van der Waals surface area contributed by atoms with Crippen LogP contribution in [0.4, 0.5) is 0 Å². The standard InChI is InChI=1S/C16H24O4/c1-5-9-10-11-13-16(12-6-2,14(17)19-7-3)15(18)20-8-4/h2,10-11H,5,7-9,12-13H2,1,3-4H3/b11-10-. The van der Waals surface area contributed by atoms with Gasteiger partial charge in [0.1, 0.15) is 0 Å². The van der Waals surface area contributed by atoms with Gasteiger partial charge in [-0.3, -0.25) is 9.59 Å². The van der Waals surface area contributed by atoms with Gasteiger partial charge in [-0.05, 0) is 26.7 Å². The molecule has 0 fully saturated rings. The van der Waals surface area contributed by atoms with Gasteiger partial charge in [0.05, 0.1) is 13.2 Å². The second-order valence-corrected chi connectivity index (χ2v) is 4.37. The van der Waals surface area contributed by atoms with Crippen LogP contribution in [0, 0.1) is 17.8 Å². The normalized spacial score (nSPS) is 11.1. The molecular weight excluding hydrogens is 256 g/mol. The SMILES string of the molecule is C#CCC(C/C=C\CCC)(C(=O)OCC)C(=O)OCC. The summed E-state index contributed by atoms with van der Waals surface area (Å²) in [6.07, 6.45) is 11.1. The van der Waals surface area contributed by atoms with Crippen molar-refractivity contribution in [3.63, 3.8) is 0 Å². The number of rotatable bonds is 9. The predicted octanol–water partition coefficient (Wildman–Crippen LogP) is 2.87. The molecule has 0 spiro atoms. The Balaban J connectivity index is 5.27. The minimum absolute atomic E-state index is 0.0267. The Morgan fingerprint density at radius 3 is 2.05 bits per heavy atom. The van der Waals surface area contributed by atoms with Crippen LogP contribution in [0.5, 0.6) is 0 Å². The monoisotopic (exact) mass is 280 g/mol. The number of esters is 2. The van der Waals surface area contributed by atoms with Crippen molar-refractivity contribution in [2.45, 2.75) is 46.5 Å². The van der Waals surface area contributed by atoms with E-state index in [-0.39, 0.29) is 26.1 Å². The van der Waals surface area contributed by atoms with E-state index in [2.05, 4.69) is 12.8 Å². The Morgan fingerprint density at radius 1 is 1.10 bits per heavy atom. The van der Waals surface area contributed by atoms with E-state index in [9.17, 15) is 9.59 Å². The van der Waals surface area contributed by atoms with E-state index in [4.69, 9.17) is 15.9 Å². The fraction of sp³-hybridized carbons (Fsp3) is 0.625. The Labute approximate surface area is 121 Å². The number of unbranched alkanes of at least 4 members (excludes halogenated alkanes) is 1. The van der Waals surface area contributed by atoms with Crippen LogP contribution < -0.4 is 0 Å². The molecule has 0 aromatic carbocycles. The van der Waals surface area contributed by atoms with Gasteiger partial charge in [0.25, 0.3) is 0 Å². The molecule has 0 aromatic heterocycles. The smallest absolute Gasteiger partial charge is 0.324 e. The van der Waals surface area contributed by atoms with Gasteiger partial charge >= 0.3 is 11.9 Å². The maximum Gasteiger partial charge on any atom is 0.324 e. The lowest BCUT2D eigenvalue weighted by Crippen LogP contribution is -2.41. The van der Waals surface area contributed by atoms with Gasteiger partial charge < -0.3 is 9.47 Å². The number of hydrogen-bond donors (Lipinski definition) is 0. The number of hydrogen-bond acceptors (Lipinski definition) is 4. The quantitative estimate of drug-likeness (QED) is 0.282. The Kier molecular flexibility index (Phi) is 9.19. The number of allylic oxidation sites excluding steroid dienone is 2. The molecule has 0 unspecified atom stereocenters. The molecule has 0 aliphatic rings. The topological polar surface area (TPSA) is 52.6 Å². The highest BCUT2D eigenvalue weighted by atomic mass is 16.6. The molecular formula is C16H24O4. The van der Waals surface area contributed by atoms with E-state index < -0.39 is 17.4 Å². The van der Waals surface area contributed by atoms with E-state index >= 15 is 0 Å². The summed E-state index contributed by atoms with van der Waals surface area (Å²) in [6, 6.07) is 0. The van der Waals surface area contributed by atoms with Crippen molar-refractivity contribution in [1.29, 1.82) is 0 Å². The molecule has 112 valence electrons. The minimum Gasteiger partial charge on any atom is -0.465 e. The first-order valence-electron chi connectivity index (χ1n) is 7.01. The molecule has 0 aliphatic heterocycles. The maximum atomic E-state index is 12.2. The molecule has 0 rings (SSSR count). The summed E-state index contributed by atoms with van der Waals surface area (Å²) in [5, 5.41) is 0. The van der Waals surface area contributed by atoms with Crippen molar-refractivity contribution >= 4 is 11.9 Å². The summed E-state index contributed by atoms with van der Waals surface area (Å²) in [5.74, 6) is 1.17. The first-order valence-corrected chi connectivity index (χ1v) is 7.01. The number of ether oxygens (including phenoxy) is 2. The molecule has 4 nitrogen and oxygen atoms in total. The summed E-state index contributed by atoms with van der Waals surface area (Å²) < 4.78 is 10.0. The average molecular weight is 280 g/mol. The van der Waals surface area contributed by atoms with E-state index in [1.807, 2.05) is 6.08 Å². The Hall–Kier alpha value is -1.76. The molecule has 0 saturated carbocycles. The molecule has 0 aliphatic carbocycles. The van der Waals surface area contributed by atoms with E-state index in [1.165, 1.54) is 0 Å². The largest absolute Gasteiger partial charge is 0.465 e. The van der Waals surface area contributed by atoms with Crippen LogP contribution >= 0.6 is 0 Å². The van der Waals surface area contributed by atoms with Crippen LogP contribution in [0.15, 0.2) is 12.2 Å². The van der Waals surface area contributed by atoms with Gasteiger partial charge in [0.2, 0.25) is 0 Å². The molecule has 0 saturated heterocycles. The molecule has 4 heteroatoms. The van der Waals surface area contributed by atoms with Gasteiger partial charge in [-0.25, -0.2) is 0 Å². The highest BCUT2D eigenvalue weighted by Gasteiger charge is 2.47. The highest BCUT2D eigenvalue weighted by Crippen LogP contribution is 2.31. The lowest BCUT2D eigenvalue weighted by atomic mass is 9.81. The van der Waals surface area contributed by atoms with Crippen LogP contribution in [-0.4, -0.2) is 25.2 Å². The zero-order valence-electron chi connectivity index (χ0n) is 12.6. The van der Waals surface area contributed by atoms with Crippen molar-refractivity contribution in [3.05, 3.63) is 12.2 Å². The summed E-state index contributed by atoms with van der Waals surface area (Å²) in [7, 11) is 0. The first kappa shape index (κ1) is 18.2. The van der Waals surface area contributed by atoms with E-state index in [1.54, 1.807) is 19.9 Å². The lowest BCUT2D eigenvalue weighted by Gasteiger charge is -2.26. The van der Waals surface area contributed by atoms with Crippen molar-refractivity contribution in [2.24, 2.45) is 5.41 Å². The van der Waals surface area contributed by atoms with Crippen molar-refractivity contribution in [3.8, 4) is 12.3 Å². The summed E-state index contributed by atoms with van der Waals surface area (Å²) >= 11 is 0. The average Bonchev–Trinajstić information content (AvgIpc) is 2.42. The molecule has 0 heterocycles. The maximum absolute atomic E-state index is 12.2. The molecule has 0 amide bonds. The fourth-order valence-corrected chi connectivity index (χ4v) is 1.75. The Morgan fingerprint density at radius 2 is 1.65 bits per heavy atom. The molecule has 0 radical (unpaired) electrons. The van der Waals surface area contributed by atoms with Gasteiger partial charge in [0.15, 0.2) is 5.41 Å². The number of terminal acetylenes is 1. The predicted molar refractivity (Wildman–Crippen MR) is 77.8 cm³/mol. The molecule has 0 N–H and O–H groups in total. The second kappa shape index (κ2) is 10.1. The van der Waals surface area contributed by atoms with Crippen LogP contribution in [0.25, 0.3) is 0 Å². The van der Waals surface area contributed by atoms with E-state index in [0.29, 0.717) is 0 Å². The second-order valence-electron chi connectivity index (χ2n) is 4.37. The first-order chi connectivity index (χ1) is 9.58. The Bertz CT molecular complexity index is 358. The fourth-order valence-electron chi connectivity index (χ4n) is 1.75. The van der Waals surface area contributed by atoms with Crippen LogP contribution in [0.2, 0.25) is 0 Å². The third-order valence-electron chi connectivity index (χ3n) is 2.82. The van der Waals surface area contributed by atoms with Crippen molar-refractivity contribution in [1.82, 2.24) is 0 Å². The third kappa shape index (κ3) is 5.08. The molecule has 0 bridgehead atoms. The number of carbonyl (C=O) groups excluding carboxylic acids is 2. The van der Waals surface area contributed by atoms with Gasteiger partial charge in [-0.15, -0.1) is 12.3 Å². The van der Waals surface area contributed by atoms with Gasteiger partial charge in [0, 0.05) is 6.42 Å². The van der Waals surface area contributed by atoms with Crippen molar-refractivity contribution < 1.29 is 19.1 Å². The zero-order valence-corrected chi connectivity index (χ0v) is 12.6. The molecule has 20 heavy (non-hydrogen) atoms. The third-order valence-corrected chi connectivity index (χ3v) is 2.82.